The van der Waals surface area contributed by atoms with E-state index in [-0.39, 0.29) is 6.04 Å². The van der Waals surface area contributed by atoms with Crippen molar-refractivity contribution in [2.24, 2.45) is 0 Å². The van der Waals surface area contributed by atoms with Gasteiger partial charge in [0, 0.05) is 47.5 Å². The van der Waals surface area contributed by atoms with E-state index in [1.807, 2.05) is 36.7 Å². The van der Waals surface area contributed by atoms with Crippen molar-refractivity contribution >= 4 is 38.9 Å². The van der Waals surface area contributed by atoms with E-state index in [2.05, 4.69) is 66.2 Å². The van der Waals surface area contributed by atoms with E-state index in [1.54, 1.807) is 0 Å². The van der Waals surface area contributed by atoms with Crippen LogP contribution >= 0.6 is 28.1 Å². The van der Waals surface area contributed by atoms with Gasteiger partial charge in [-0.3, -0.25) is 4.98 Å². The van der Waals surface area contributed by atoms with Crippen molar-refractivity contribution in [1.82, 2.24) is 14.5 Å². The summed E-state index contributed by atoms with van der Waals surface area (Å²) in [6, 6.07) is 16.5. The Morgan fingerprint density at radius 1 is 1.08 bits per heavy atom. The van der Waals surface area contributed by atoms with Crippen LogP contribution in [-0.4, -0.2) is 26.1 Å². The third-order valence-electron chi connectivity index (χ3n) is 4.42. The standard InChI is InChI=1S/C19H17BrN4S/c20-15-3-5-16(6-4-15)22-19(25)24-13-12-23-11-1-2-17(23)18(24)14-7-9-21-10-8-14/h1-11,18H,12-13H2,(H,22,25). The Kier molecular flexibility index (Phi) is 4.55. The highest BCUT2D eigenvalue weighted by molar-refractivity contribution is 9.10. The van der Waals surface area contributed by atoms with Crippen molar-refractivity contribution in [3.8, 4) is 0 Å². The number of aromatic nitrogens is 2. The molecule has 0 fully saturated rings. The Labute approximate surface area is 160 Å². The van der Waals surface area contributed by atoms with Crippen LogP contribution in [0.15, 0.2) is 71.6 Å². The molecule has 25 heavy (non-hydrogen) atoms. The van der Waals surface area contributed by atoms with Gasteiger partial charge in [-0.15, -0.1) is 0 Å². The Balaban J connectivity index is 1.65. The minimum Gasteiger partial charge on any atom is -0.348 e. The minimum absolute atomic E-state index is 0.0854. The third-order valence-corrected chi connectivity index (χ3v) is 5.28. The fourth-order valence-electron chi connectivity index (χ4n) is 3.23. The molecule has 2 aromatic heterocycles. The summed E-state index contributed by atoms with van der Waals surface area (Å²) < 4.78 is 3.35. The Morgan fingerprint density at radius 3 is 2.60 bits per heavy atom. The molecule has 1 aliphatic rings. The number of benzene rings is 1. The molecule has 0 saturated heterocycles. The Morgan fingerprint density at radius 2 is 1.84 bits per heavy atom. The van der Waals surface area contributed by atoms with Crippen LogP contribution < -0.4 is 5.32 Å². The molecule has 0 amide bonds. The first-order chi connectivity index (χ1) is 12.2. The molecule has 0 spiro atoms. The van der Waals surface area contributed by atoms with Crippen LogP contribution in [-0.2, 0) is 6.54 Å². The van der Waals surface area contributed by atoms with Gasteiger partial charge in [0.15, 0.2) is 5.11 Å². The summed E-state index contributed by atoms with van der Waals surface area (Å²) in [6.45, 7) is 1.78. The van der Waals surface area contributed by atoms with Crippen molar-refractivity contribution in [2.45, 2.75) is 12.6 Å². The molecule has 4 rings (SSSR count). The summed E-state index contributed by atoms with van der Waals surface area (Å²) in [4.78, 5) is 6.40. The number of anilines is 1. The number of pyridine rings is 1. The number of hydrogen-bond donors (Lipinski definition) is 1. The Bertz CT molecular complexity index is 876. The van der Waals surface area contributed by atoms with Crippen LogP contribution in [0.2, 0.25) is 0 Å². The van der Waals surface area contributed by atoms with Crippen LogP contribution in [0.5, 0.6) is 0 Å². The van der Waals surface area contributed by atoms with Crippen molar-refractivity contribution in [2.75, 3.05) is 11.9 Å². The molecule has 0 aliphatic carbocycles. The van der Waals surface area contributed by atoms with Gasteiger partial charge in [-0.2, -0.15) is 0 Å². The molecule has 6 heteroatoms. The molecule has 1 N–H and O–H groups in total. The highest BCUT2D eigenvalue weighted by Gasteiger charge is 2.30. The zero-order chi connectivity index (χ0) is 17.2. The molecular formula is C19H17BrN4S. The molecule has 126 valence electrons. The zero-order valence-electron chi connectivity index (χ0n) is 13.5. The van der Waals surface area contributed by atoms with Crippen LogP contribution in [0.1, 0.15) is 17.3 Å². The van der Waals surface area contributed by atoms with Gasteiger partial charge in [-0.05, 0) is 66.3 Å². The molecule has 1 unspecified atom stereocenters. The predicted octanol–water partition coefficient (Wildman–Crippen LogP) is 4.45. The van der Waals surface area contributed by atoms with Crippen molar-refractivity contribution in [3.05, 3.63) is 82.9 Å². The quantitative estimate of drug-likeness (QED) is 0.630. The van der Waals surface area contributed by atoms with E-state index in [0.717, 1.165) is 28.4 Å². The molecule has 0 radical (unpaired) electrons. The molecule has 1 atom stereocenters. The summed E-state index contributed by atoms with van der Waals surface area (Å²) in [6.07, 6.45) is 5.80. The monoisotopic (exact) mass is 412 g/mol. The molecule has 1 aliphatic heterocycles. The molecule has 1 aromatic carbocycles. The minimum atomic E-state index is 0.0854. The normalized spacial score (nSPS) is 16.4. The van der Waals surface area contributed by atoms with Crippen LogP contribution in [0, 0.1) is 0 Å². The van der Waals surface area contributed by atoms with Crippen molar-refractivity contribution in [3.63, 3.8) is 0 Å². The van der Waals surface area contributed by atoms with E-state index in [0.29, 0.717) is 0 Å². The van der Waals surface area contributed by atoms with Crippen LogP contribution in [0.25, 0.3) is 0 Å². The maximum Gasteiger partial charge on any atom is 0.174 e. The molecule has 0 saturated carbocycles. The Hall–Kier alpha value is -2.18. The van der Waals surface area contributed by atoms with Gasteiger partial charge < -0.3 is 14.8 Å². The van der Waals surface area contributed by atoms with Crippen LogP contribution in [0.4, 0.5) is 5.69 Å². The second-order valence-corrected chi connectivity index (χ2v) is 7.24. The first-order valence-electron chi connectivity index (χ1n) is 8.10. The lowest BCUT2D eigenvalue weighted by Crippen LogP contribution is -2.44. The van der Waals surface area contributed by atoms with E-state index in [1.165, 1.54) is 11.3 Å². The number of hydrogen-bond acceptors (Lipinski definition) is 2. The highest BCUT2D eigenvalue weighted by Crippen LogP contribution is 2.32. The molecular weight excluding hydrogens is 396 g/mol. The molecule has 3 heterocycles. The number of halogens is 1. The average Bonchev–Trinajstić information content (AvgIpc) is 3.12. The van der Waals surface area contributed by atoms with E-state index in [9.17, 15) is 0 Å². The average molecular weight is 413 g/mol. The molecule has 0 bridgehead atoms. The smallest absolute Gasteiger partial charge is 0.174 e. The SMILES string of the molecule is S=C(Nc1ccc(Br)cc1)N1CCn2cccc2C1c1ccncc1. The lowest BCUT2D eigenvalue weighted by molar-refractivity contribution is 0.293. The topological polar surface area (TPSA) is 33.1 Å². The first-order valence-corrected chi connectivity index (χ1v) is 9.30. The fraction of sp³-hybridized carbons (Fsp3) is 0.158. The van der Waals surface area contributed by atoms with E-state index >= 15 is 0 Å². The maximum absolute atomic E-state index is 5.75. The fourth-order valence-corrected chi connectivity index (χ4v) is 3.81. The number of nitrogens with one attached hydrogen (secondary N) is 1. The first kappa shape index (κ1) is 16.3. The summed E-state index contributed by atoms with van der Waals surface area (Å²) in [5, 5.41) is 4.11. The molecule has 3 aromatic rings. The second kappa shape index (κ2) is 6.98. The summed E-state index contributed by atoms with van der Waals surface area (Å²) in [5.74, 6) is 0. The lowest BCUT2D eigenvalue weighted by Gasteiger charge is -2.39. The largest absolute Gasteiger partial charge is 0.348 e. The van der Waals surface area contributed by atoms with E-state index in [4.69, 9.17) is 12.2 Å². The van der Waals surface area contributed by atoms with Gasteiger partial charge in [0.25, 0.3) is 0 Å². The number of rotatable bonds is 2. The highest BCUT2D eigenvalue weighted by atomic mass is 79.9. The number of thiocarbonyl (C=S) groups is 1. The summed E-state index contributed by atoms with van der Waals surface area (Å²) in [5.41, 5.74) is 3.43. The molecule has 4 nitrogen and oxygen atoms in total. The van der Waals surface area contributed by atoms with Gasteiger partial charge in [-0.25, -0.2) is 0 Å². The third kappa shape index (κ3) is 3.32. The van der Waals surface area contributed by atoms with Crippen LogP contribution in [0.3, 0.4) is 0 Å². The number of fused-ring (bicyclic) bond motifs is 1. The van der Waals surface area contributed by atoms with Gasteiger partial charge in [0.05, 0.1) is 6.04 Å². The van der Waals surface area contributed by atoms with Gasteiger partial charge in [0.2, 0.25) is 0 Å². The predicted molar refractivity (Wildman–Crippen MR) is 108 cm³/mol. The van der Waals surface area contributed by atoms with Gasteiger partial charge >= 0.3 is 0 Å². The lowest BCUT2D eigenvalue weighted by atomic mass is 10.0. The van der Waals surface area contributed by atoms with Crippen molar-refractivity contribution in [1.29, 1.82) is 0 Å². The summed E-state index contributed by atoms with van der Waals surface area (Å²) >= 11 is 9.21. The van der Waals surface area contributed by atoms with Gasteiger partial charge in [0.1, 0.15) is 0 Å². The van der Waals surface area contributed by atoms with E-state index < -0.39 is 0 Å². The van der Waals surface area contributed by atoms with Crippen molar-refractivity contribution < 1.29 is 0 Å². The van der Waals surface area contributed by atoms with Gasteiger partial charge in [-0.1, -0.05) is 15.9 Å². The zero-order valence-corrected chi connectivity index (χ0v) is 15.9. The number of nitrogens with zero attached hydrogens (tertiary/aromatic N) is 3. The maximum atomic E-state index is 5.75. The second-order valence-electron chi connectivity index (χ2n) is 5.94. The summed E-state index contributed by atoms with van der Waals surface area (Å²) in [7, 11) is 0.